The first-order valence-electron chi connectivity index (χ1n) is 6.43. The molecular weight excluding hydrogens is 218 g/mol. The molecule has 5 nitrogen and oxygen atoms in total. The molecule has 0 aromatic rings. The lowest BCUT2D eigenvalue weighted by atomic mass is 10.2. The third kappa shape index (κ3) is 6.26. The van der Waals surface area contributed by atoms with Gasteiger partial charge < -0.3 is 16.0 Å². The van der Waals surface area contributed by atoms with E-state index in [4.69, 9.17) is 5.73 Å². The molecule has 98 valence electrons. The molecule has 17 heavy (non-hydrogen) atoms. The van der Waals surface area contributed by atoms with Crippen LogP contribution in [0.2, 0.25) is 0 Å². The Labute approximate surface area is 103 Å². The molecule has 0 radical (unpaired) electrons. The molecule has 2 amide bonds. The van der Waals surface area contributed by atoms with E-state index in [0.717, 1.165) is 12.8 Å². The van der Waals surface area contributed by atoms with E-state index in [2.05, 4.69) is 12.2 Å². The molecule has 0 spiro atoms. The lowest BCUT2D eigenvalue weighted by Gasteiger charge is -2.21. The van der Waals surface area contributed by atoms with Crippen LogP contribution in [0.3, 0.4) is 0 Å². The summed E-state index contributed by atoms with van der Waals surface area (Å²) in [7, 11) is 0. The predicted octanol–water partition coefficient (Wildman–Crippen LogP) is 0.243. The molecule has 3 N–H and O–H groups in total. The summed E-state index contributed by atoms with van der Waals surface area (Å²) in [6.07, 6.45) is 4.80. The molecule has 0 aliphatic heterocycles. The summed E-state index contributed by atoms with van der Waals surface area (Å²) < 4.78 is 0. The van der Waals surface area contributed by atoms with Crippen LogP contribution >= 0.6 is 0 Å². The fourth-order valence-corrected chi connectivity index (χ4v) is 1.66. The molecule has 5 heteroatoms. The van der Waals surface area contributed by atoms with Gasteiger partial charge in [0.05, 0.1) is 6.54 Å². The van der Waals surface area contributed by atoms with Gasteiger partial charge in [-0.2, -0.15) is 0 Å². The molecular formula is C12H23N3O2. The molecule has 0 aromatic heterocycles. The second kappa shape index (κ2) is 7.27. The molecule has 1 rings (SSSR count). The van der Waals surface area contributed by atoms with Crippen molar-refractivity contribution in [3.05, 3.63) is 0 Å². The third-order valence-corrected chi connectivity index (χ3v) is 2.83. The van der Waals surface area contributed by atoms with E-state index in [1.54, 1.807) is 4.90 Å². The first kappa shape index (κ1) is 14.0. The number of unbranched alkanes of at least 4 members (excludes halogenated alkanes) is 1. The van der Waals surface area contributed by atoms with Crippen LogP contribution in [0, 0.1) is 0 Å². The molecule has 0 saturated heterocycles. The average molecular weight is 241 g/mol. The third-order valence-electron chi connectivity index (χ3n) is 2.83. The number of carbonyl (C=O) groups excluding carboxylic acids is 2. The normalized spacial score (nSPS) is 14.6. The quantitative estimate of drug-likeness (QED) is 0.607. The zero-order chi connectivity index (χ0) is 12.7. The van der Waals surface area contributed by atoms with Crippen molar-refractivity contribution in [1.82, 2.24) is 10.2 Å². The molecule has 0 atom stereocenters. The standard InChI is InChI=1S/C12H23N3O2/c1-2-3-8-15(9-11(13)16)12(17)6-7-14-10-4-5-10/h10,14H,2-9H2,1H3,(H2,13,16). The molecule has 1 aliphatic carbocycles. The van der Waals surface area contributed by atoms with Crippen LogP contribution in [0.15, 0.2) is 0 Å². The first-order chi connectivity index (χ1) is 8.13. The summed E-state index contributed by atoms with van der Waals surface area (Å²) in [5.74, 6) is -0.421. The van der Waals surface area contributed by atoms with E-state index >= 15 is 0 Å². The highest BCUT2D eigenvalue weighted by atomic mass is 16.2. The van der Waals surface area contributed by atoms with E-state index in [0.29, 0.717) is 25.6 Å². The summed E-state index contributed by atoms with van der Waals surface area (Å²) in [5.41, 5.74) is 5.14. The van der Waals surface area contributed by atoms with Gasteiger partial charge in [0, 0.05) is 25.6 Å². The van der Waals surface area contributed by atoms with Gasteiger partial charge in [0.25, 0.3) is 0 Å². The van der Waals surface area contributed by atoms with Gasteiger partial charge in [0.15, 0.2) is 0 Å². The number of carbonyl (C=O) groups is 2. The largest absolute Gasteiger partial charge is 0.368 e. The van der Waals surface area contributed by atoms with Gasteiger partial charge in [-0.25, -0.2) is 0 Å². The van der Waals surface area contributed by atoms with Crippen molar-refractivity contribution in [2.75, 3.05) is 19.6 Å². The van der Waals surface area contributed by atoms with Gasteiger partial charge in [-0.05, 0) is 19.3 Å². The Hall–Kier alpha value is -1.10. The molecule has 1 saturated carbocycles. The molecule has 0 bridgehead atoms. The molecule has 0 aromatic carbocycles. The Balaban J connectivity index is 2.25. The zero-order valence-electron chi connectivity index (χ0n) is 10.6. The SMILES string of the molecule is CCCCN(CC(N)=O)C(=O)CCNC1CC1. The van der Waals surface area contributed by atoms with Crippen LogP contribution in [0.1, 0.15) is 39.0 Å². The number of primary amides is 1. The lowest BCUT2D eigenvalue weighted by molar-refractivity contribution is -0.135. The van der Waals surface area contributed by atoms with Crippen molar-refractivity contribution < 1.29 is 9.59 Å². The summed E-state index contributed by atoms with van der Waals surface area (Å²) in [5, 5.41) is 3.29. The lowest BCUT2D eigenvalue weighted by Crippen LogP contribution is -2.40. The van der Waals surface area contributed by atoms with Gasteiger partial charge >= 0.3 is 0 Å². The van der Waals surface area contributed by atoms with E-state index < -0.39 is 5.91 Å². The monoisotopic (exact) mass is 241 g/mol. The van der Waals surface area contributed by atoms with Gasteiger partial charge in [-0.15, -0.1) is 0 Å². The Morgan fingerprint density at radius 1 is 1.41 bits per heavy atom. The van der Waals surface area contributed by atoms with Crippen molar-refractivity contribution in [2.45, 2.75) is 45.1 Å². The second-order valence-corrected chi connectivity index (χ2v) is 4.61. The summed E-state index contributed by atoms with van der Waals surface area (Å²) in [6, 6.07) is 0.614. The van der Waals surface area contributed by atoms with Gasteiger partial charge in [0.2, 0.25) is 11.8 Å². The summed E-state index contributed by atoms with van der Waals surface area (Å²) in [6.45, 7) is 3.43. The van der Waals surface area contributed by atoms with Gasteiger partial charge in [0.1, 0.15) is 0 Å². The van der Waals surface area contributed by atoms with Crippen molar-refractivity contribution in [3.8, 4) is 0 Å². The van der Waals surface area contributed by atoms with Gasteiger partial charge in [-0.3, -0.25) is 9.59 Å². The minimum Gasteiger partial charge on any atom is -0.368 e. The van der Waals surface area contributed by atoms with Crippen molar-refractivity contribution >= 4 is 11.8 Å². The first-order valence-corrected chi connectivity index (χ1v) is 6.43. The molecule has 0 heterocycles. The van der Waals surface area contributed by atoms with Crippen LogP contribution in [0.4, 0.5) is 0 Å². The summed E-state index contributed by atoms with van der Waals surface area (Å²) in [4.78, 5) is 24.3. The Bertz CT molecular complexity index is 264. The highest BCUT2D eigenvalue weighted by molar-refractivity contribution is 5.83. The molecule has 0 unspecified atom stereocenters. The Kier molecular flexibility index (Phi) is 5.97. The van der Waals surface area contributed by atoms with Crippen LogP contribution in [0.5, 0.6) is 0 Å². The van der Waals surface area contributed by atoms with Crippen LogP contribution in [-0.2, 0) is 9.59 Å². The van der Waals surface area contributed by atoms with Crippen LogP contribution < -0.4 is 11.1 Å². The second-order valence-electron chi connectivity index (χ2n) is 4.61. The van der Waals surface area contributed by atoms with E-state index in [1.807, 2.05) is 0 Å². The fraction of sp³-hybridized carbons (Fsp3) is 0.833. The van der Waals surface area contributed by atoms with Gasteiger partial charge in [-0.1, -0.05) is 13.3 Å². The fourth-order valence-electron chi connectivity index (χ4n) is 1.66. The van der Waals surface area contributed by atoms with Crippen LogP contribution in [-0.4, -0.2) is 42.4 Å². The van der Waals surface area contributed by atoms with E-state index in [9.17, 15) is 9.59 Å². The number of hydrogen-bond acceptors (Lipinski definition) is 3. The zero-order valence-corrected chi connectivity index (χ0v) is 10.6. The summed E-state index contributed by atoms with van der Waals surface area (Å²) >= 11 is 0. The minimum atomic E-state index is -0.440. The van der Waals surface area contributed by atoms with Crippen molar-refractivity contribution in [3.63, 3.8) is 0 Å². The van der Waals surface area contributed by atoms with Crippen LogP contribution in [0.25, 0.3) is 0 Å². The number of nitrogens with two attached hydrogens (primary N) is 1. The average Bonchev–Trinajstić information content (AvgIpc) is 3.07. The molecule has 1 fully saturated rings. The topological polar surface area (TPSA) is 75.4 Å². The maximum atomic E-state index is 11.9. The molecule has 1 aliphatic rings. The number of nitrogens with one attached hydrogen (secondary N) is 1. The number of hydrogen-bond donors (Lipinski definition) is 2. The highest BCUT2D eigenvalue weighted by Gasteiger charge is 2.21. The van der Waals surface area contributed by atoms with Crippen molar-refractivity contribution in [1.29, 1.82) is 0 Å². The Morgan fingerprint density at radius 2 is 2.12 bits per heavy atom. The smallest absolute Gasteiger partial charge is 0.237 e. The highest BCUT2D eigenvalue weighted by Crippen LogP contribution is 2.18. The van der Waals surface area contributed by atoms with Crippen molar-refractivity contribution in [2.24, 2.45) is 5.73 Å². The predicted molar refractivity (Wildman–Crippen MR) is 66.3 cm³/mol. The van der Waals surface area contributed by atoms with E-state index in [1.165, 1.54) is 12.8 Å². The minimum absolute atomic E-state index is 0.0189. The maximum Gasteiger partial charge on any atom is 0.237 e. The number of nitrogens with zero attached hydrogens (tertiary/aromatic N) is 1. The number of amides is 2. The van der Waals surface area contributed by atoms with E-state index in [-0.39, 0.29) is 12.5 Å². The maximum absolute atomic E-state index is 11.9. The Morgan fingerprint density at radius 3 is 2.65 bits per heavy atom. The number of rotatable bonds is 9.